The van der Waals surface area contributed by atoms with Crippen LogP contribution in [0.25, 0.3) is 0 Å². The molecule has 0 aliphatic carbocycles. The number of hydrogen-bond donors (Lipinski definition) is 3. The van der Waals surface area contributed by atoms with Gasteiger partial charge in [0, 0.05) is 11.4 Å². The predicted octanol–water partition coefficient (Wildman–Crippen LogP) is 0.122. The van der Waals surface area contributed by atoms with Crippen LogP contribution >= 0.6 is 0 Å². The molecular weight excluding hydrogens is 266 g/mol. The zero-order valence-corrected chi connectivity index (χ0v) is 12.6. The van der Waals surface area contributed by atoms with Crippen LogP contribution in [0.4, 0.5) is 11.4 Å². The second kappa shape index (κ2) is 7.32. The minimum atomic E-state index is -4.51. The summed E-state index contributed by atoms with van der Waals surface area (Å²) in [6.45, 7) is 8.83. The van der Waals surface area contributed by atoms with E-state index in [4.69, 9.17) is 11.5 Å². The van der Waals surface area contributed by atoms with Crippen LogP contribution in [0.2, 0.25) is 0 Å². The van der Waals surface area contributed by atoms with Crippen molar-refractivity contribution in [3.63, 3.8) is 0 Å². The predicted molar refractivity (Wildman–Crippen MR) is 75.4 cm³/mol. The molecular formula is C12H23N3O3S. The molecule has 0 saturated carbocycles. The van der Waals surface area contributed by atoms with Crippen LogP contribution < -0.4 is 16.8 Å². The van der Waals surface area contributed by atoms with E-state index < -0.39 is 15.0 Å². The van der Waals surface area contributed by atoms with E-state index in [0.29, 0.717) is 0 Å². The Morgan fingerprint density at radius 1 is 1.11 bits per heavy atom. The highest BCUT2D eigenvalue weighted by Crippen LogP contribution is 2.20. The normalized spacial score (nSPS) is 11.3. The second-order valence-electron chi connectivity index (χ2n) is 4.93. The quantitative estimate of drug-likeness (QED) is 0.538. The minimum Gasteiger partial charge on any atom is -0.744 e. The van der Waals surface area contributed by atoms with Crippen LogP contribution in [0.1, 0.15) is 27.7 Å². The van der Waals surface area contributed by atoms with Crippen LogP contribution in [0, 0.1) is 0 Å². The fraction of sp³-hybridized carbons (Fsp3) is 0.500. The lowest BCUT2D eigenvalue weighted by molar-refractivity contribution is -0.709. The molecule has 0 aliphatic rings. The van der Waals surface area contributed by atoms with Crippen LogP contribution in [0.3, 0.4) is 0 Å². The molecule has 0 saturated heterocycles. The van der Waals surface area contributed by atoms with Gasteiger partial charge in [0.25, 0.3) is 0 Å². The van der Waals surface area contributed by atoms with Gasteiger partial charge < -0.3 is 21.3 Å². The highest BCUT2D eigenvalue weighted by Gasteiger charge is 2.05. The van der Waals surface area contributed by atoms with Gasteiger partial charge in [0.1, 0.15) is 10.1 Å². The van der Waals surface area contributed by atoms with Crippen LogP contribution in [0.5, 0.6) is 0 Å². The largest absolute Gasteiger partial charge is 0.744 e. The third-order valence-electron chi connectivity index (χ3n) is 2.08. The van der Waals surface area contributed by atoms with Gasteiger partial charge in [0.05, 0.1) is 17.0 Å². The highest BCUT2D eigenvalue weighted by molar-refractivity contribution is 7.86. The van der Waals surface area contributed by atoms with Gasteiger partial charge in [-0.15, -0.1) is 0 Å². The number of anilines is 2. The van der Waals surface area contributed by atoms with Gasteiger partial charge in [0.15, 0.2) is 0 Å². The van der Waals surface area contributed by atoms with E-state index >= 15 is 0 Å². The van der Waals surface area contributed by atoms with E-state index in [9.17, 15) is 13.0 Å². The van der Waals surface area contributed by atoms with E-state index in [1.54, 1.807) is 0 Å². The van der Waals surface area contributed by atoms with E-state index in [2.05, 4.69) is 33.0 Å². The van der Waals surface area contributed by atoms with Gasteiger partial charge in [-0.25, -0.2) is 8.42 Å². The monoisotopic (exact) mass is 289 g/mol. The number of nitrogen functional groups attached to an aromatic ring is 2. The number of quaternary nitrogens is 1. The maximum Gasteiger partial charge on any atom is 0.126 e. The lowest BCUT2D eigenvalue weighted by Crippen LogP contribution is -2.92. The first-order chi connectivity index (χ1) is 8.54. The summed E-state index contributed by atoms with van der Waals surface area (Å²) in [5, 5.41) is 2.33. The Kier molecular flexibility index (Phi) is 6.82. The van der Waals surface area contributed by atoms with Crippen LogP contribution in [-0.4, -0.2) is 25.1 Å². The average molecular weight is 289 g/mol. The molecule has 6 N–H and O–H groups in total. The fourth-order valence-corrected chi connectivity index (χ4v) is 2.17. The molecule has 0 unspecified atom stereocenters. The molecule has 0 aliphatic heterocycles. The van der Waals surface area contributed by atoms with Gasteiger partial charge in [-0.05, 0) is 45.9 Å². The number of hydrogen-bond acceptors (Lipinski definition) is 5. The zero-order chi connectivity index (χ0) is 15.2. The molecule has 19 heavy (non-hydrogen) atoms. The molecule has 0 bridgehead atoms. The summed E-state index contributed by atoms with van der Waals surface area (Å²) in [7, 11) is -4.51. The van der Waals surface area contributed by atoms with Gasteiger partial charge in [-0.2, -0.15) is 0 Å². The van der Waals surface area contributed by atoms with Crippen molar-refractivity contribution in [1.29, 1.82) is 0 Å². The first-order valence-electron chi connectivity index (χ1n) is 6.00. The molecule has 0 amide bonds. The van der Waals surface area contributed by atoms with Crippen molar-refractivity contribution in [2.24, 2.45) is 0 Å². The standard InChI is InChI=1S/C6H8N2O3S.C6H15N/c7-4-1-2-5(8)6(3-4)12(9,10)11;1-5(2)7-6(3)4/h1-3H,7-8H2,(H,9,10,11);5-7H,1-4H3. The molecule has 1 aromatic carbocycles. The first-order valence-corrected chi connectivity index (χ1v) is 7.40. The molecule has 0 radical (unpaired) electrons. The summed E-state index contributed by atoms with van der Waals surface area (Å²) in [6.07, 6.45) is 0. The molecule has 0 fully saturated rings. The Morgan fingerprint density at radius 3 is 1.84 bits per heavy atom. The second-order valence-corrected chi connectivity index (χ2v) is 6.28. The molecule has 7 heteroatoms. The summed E-state index contributed by atoms with van der Waals surface area (Å²) in [5.41, 5.74) is 10.6. The zero-order valence-electron chi connectivity index (χ0n) is 11.8. The smallest absolute Gasteiger partial charge is 0.126 e. The summed E-state index contributed by atoms with van der Waals surface area (Å²) < 4.78 is 31.5. The van der Waals surface area contributed by atoms with Gasteiger partial charge >= 0.3 is 0 Å². The molecule has 1 rings (SSSR count). The molecule has 1 aromatic rings. The van der Waals surface area contributed by atoms with Crippen molar-refractivity contribution < 1.29 is 18.3 Å². The molecule has 0 atom stereocenters. The van der Waals surface area contributed by atoms with E-state index in [-0.39, 0.29) is 11.4 Å². The van der Waals surface area contributed by atoms with Crippen molar-refractivity contribution in [2.75, 3.05) is 11.5 Å². The molecule has 6 nitrogen and oxygen atoms in total. The molecule has 110 valence electrons. The highest BCUT2D eigenvalue weighted by atomic mass is 32.2. The van der Waals surface area contributed by atoms with E-state index in [1.807, 2.05) is 0 Å². The number of nitrogens with two attached hydrogens (primary N) is 3. The molecule has 0 spiro atoms. The van der Waals surface area contributed by atoms with Gasteiger partial charge in [-0.1, -0.05) is 0 Å². The lowest BCUT2D eigenvalue weighted by Gasteiger charge is -2.09. The number of rotatable bonds is 3. The Labute approximate surface area is 114 Å². The summed E-state index contributed by atoms with van der Waals surface area (Å²) in [4.78, 5) is -0.470. The summed E-state index contributed by atoms with van der Waals surface area (Å²) in [6, 6.07) is 5.24. The van der Waals surface area contributed by atoms with E-state index in [0.717, 1.165) is 18.2 Å². The third kappa shape index (κ3) is 7.66. The van der Waals surface area contributed by atoms with Crippen molar-refractivity contribution in [3.05, 3.63) is 18.2 Å². The van der Waals surface area contributed by atoms with Crippen molar-refractivity contribution in [1.82, 2.24) is 0 Å². The van der Waals surface area contributed by atoms with Crippen LogP contribution in [0.15, 0.2) is 23.1 Å². The topological polar surface area (TPSA) is 126 Å². The third-order valence-corrected chi connectivity index (χ3v) is 2.97. The Bertz CT molecular complexity index is 493. The molecule has 0 aromatic heterocycles. The SMILES string of the molecule is CC(C)[NH2+]C(C)C.Nc1ccc(N)c(S(=O)(=O)[O-])c1. The maximum atomic E-state index is 10.5. The van der Waals surface area contributed by atoms with E-state index in [1.165, 1.54) is 12.1 Å². The van der Waals surface area contributed by atoms with Crippen molar-refractivity contribution in [3.8, 4) is 0 Å². The average Bonchev–Trinajstić information content (AvgIpc) is 2.19. The fourth-order valence-electron chi connectivity index (χ4n) is 1.54. The molecule has 0 heterocycles. The Morgan fingerprint density at radius 2 is 1.58 bits per heavy atom. The van der Waals surface area contributed by atoms with Gasteiger partial charge in [0.2, 0.25) is 0 Å². The lowest BCUT2D eigenvalue weighted by atomic mass is 10.3. The van der Waals surface area contributed by atoms with Gasteiger partial charge in [-0.3, -0.25) is 0 Å². The van der Waals surface area contributed by atoms with Crippen molar-refractivity contribution >= 4 is 21.5 Å². The maximum absolute atomic E-state index is 10.5. The summed E-state index contributed by atoms with van der Waals surface area (Å²) in [5.74, 6) is 0. The Hall–Kier alpha value is -1.31. The minimum absolute atomic E-state index is 0.0841. The summed E-state index contributed by atoms with van der Waals surface area (Å²) >= 11 is 0. The first kappa shape index (κ1) is 17.7. The number of benzene rings is 1. The van der Waals surface area contributed by atoms with Crippen LogP contribution in [-0.2, 0) is 10.1 Å². The Balaban J connectivity index is 0.000000399. The van der Waals surface area contributed by atoms with Crippen molar-refractivity contribution in [2.45, 2.75) is 44.7 Å².